The third kappa shape index (κ3) is 3.11. The normalized spacial score (nSPS) is 26.6. The van der Waals surface area contributed by atoms with Crippen LogP contribution < -0.4 is 15.1 Å². The fourth-order valence-corrected chi connectivity index (χ4v) is 6.25. The summed E-state index contributed by atoms with van der Waals surface area (Å²) in [4.78, 5) is 45.3. The fraction of sp³-hybridized carbons (Fsp3) is 0.233. The smallest absolute Gasteiger partial charge is 0.253 e. The van der Waals surface area contributed by atoms with Crippen LogP contribution in [0.2, 0.25) is 0 Å². The molecule has 0 aliphatic carbocycles. The zero-order chi connectivity index (χ0) is 25.0. The average molecular weight is 478 g/mol. The lowest BCUT2D eigenvalue weighted by Crippen LogP contribution is -2.55. The Morgan fingerprint density at radius 1 is 0.889 bits per heavy atom. The van der Waals surface area contributed by atoms with E-state index in [-0.39, 0.29) is 23.8 Å². The Hall–Kier alpha value is -4.03. The van der Waals surface area contributed by atoms with Crippen LogP contribution in [-0.2, 0) is 26.3 Å². The number of anilines is 2. The summed E-state index contributed by atoms with van der Waals surface area (Å²) in [6.07, 6.45) is 0.529. The number of para-hydroxylation sites is 2. The van der Waals surface area contributed by atoms with Gasteiger partial charge in [0.2, 0.25) is 11.8 Å². The molecule has 3 aromatic rings. The molecule has 1 spiro atoms. The molecule has 4 atom stereocenters. The predicted molar refractivity (Wildman–Crippen MR) is 138 cm³/mol. The van der Waals surface area contributed by atoms with Crippen molar-refractivity contribution in [3.8, 4) is 0 Å². The number of carbonyl (C=O) groups excluding carboxylic acids is 3. The van der Waals surface area contributed by atoms with Crippen LogP contribution in [-0.4, -0.2) is 30.3 Å². The molecule has 0 unspecified atom stereocenters. The maximum absolute atomic E-state index is 14.3. The minimum absolute atomic E-state index is 0.201. The van der Waals surface area contributed by atoms with Crippen molar-refractivity contribution in [1.29, 1.82) is 0 Å². The van der Waals surface area contributed by atoms with Gasteiger partial charge in [0.25, 0.3) is 5.91 Å². The van der Waals surface area contributed by atoms with E-state index in [1.54, 1.807) is 17.0 Å². The number of hydrogen-bond acceptors (Lipinski definition) is 4. The van der Waals surface area contributed by atoms with E-state index in [1.807, 2.05) is 79.7 Å². The van der Waals surface area contributed by atoms with Gasteiger partial charge in [-0.2, -0.15) is 0 Å². The van der Waals surface area contributed by atoms with E-state index in [0.717, 1.165) is 22.4 Å². The van der Waals surface area contributed by atoms with Gasteiger partial charge in [-0.1, -0.05) is 78.9 Å². The van der Waals surface area contributed by atoms with Crippen molar-refractivity contribution in [2.75, 3.05) is 16.3 Å². The first-order valence-corrected chi connectivity index (χ1v) is 12.2. The van der Waals surface area contributed by atoms with Gasteiger partial charge in [-0.25, -0.2) is 4.90 Å². The second-order valence-corrected chi connectivity index (χ2v) is 9.97. The standard InChI is InChI=1S/C30H27N3O3/c1-19(2)18-32-24-16-10-9-15-22(24)30(29(32)36)26-25(23(31-30)17-20-11-5-3-6-12-20)27(34)33(28(26)35)21-13-7-4-8-14-21/h3-16,23,25-26,31H,1,17-18H2,2H3/t23-,25+,26+,30+/m0/s1. The number of fused-ring (bicyclic) bond motifs is 4. The summed E-state index contributed by atoms with van der Waals surface area (Å²) in [5.41, 5.74) is 2.61. The number of benzene rings is 3. The summed E-state index contributed by atoms with van der Waals surface area (Å²) < 4.78 is 0. The third-order valence-corrected chi connectivity index (χ3v) is 7.61. The number of carbonyl (C=O) groups is 3. The summed E-state index contributed by atoms with van der Waals surface area (Å²) in [6, 6.07) is 26.1. The summed E-state index contributed by atoms with van der Waals surface area (Å²) in [7, 11) is 0. The molecule has 1 N–H and O–H groups in total. The lowest BCUT2D eigenvalue weighted by molar-refractivity contribution is -0.132. The summed E-state index contributed by atoms with van der Waals surface area (Å²) in [5, 5.41) is 3.57. The molecule has 3 heterocycles. The molecular weight excluding hydrogens is 450 g/mol. The quantitative estimate of drug-likeness (QED) is 0.448. The van der Waals surface area contributed by atoms with Crippen LogP contribution in [0.4, 0.5) is 11.4 Å². The van der Waals surface area contributed by atoms with Crippen molar-refractivity contribution in [3.05, 3.63) is 108 Å². The highest BCUT2D eigenvalue weighted by Gasteiger charge is 2.71. The van der Waals surface area contributed by atoms with Gasteiger partial charge in [0.05, 0.1) is 17.5 Å². The number of nitrogens with zero attached hydrogens (tertiary/aromatic N) is 2. The van der Waals surface area contributed by atoms with E-state index in [0.29, 0.717) is 18.7 Å². The maximum Gasteiger partial charge on any atom is 0.253 e. The van der Waals surface area contributed by atoms with E-state index < -0.39 is 17.4 Å². The lowest BCUT2D eigenvalue weighted by Gasteiger charge is -2.30. The molecule has 180 valence electrons. The van der Waals surface area contributed by atoms with E-state index >= 15 is 0 Å². The zero-order valence-corrected chi connectivity index (χ0v) is 20.1. The molecule has 3 aromatic carbocycles. The van der Waals surface area contributed by atoms with Crippen molar-refractivity contribution in [3.63, 3.8) is 0 Å². The largest absolute Gasteiger partial charge is 0.306 e. The van der Waals surface area contributed by atoms with Crippen LogP contribution in [0.15, 0.2) is 97.1 Å². The fourth-order valence-electron chi connectivity index (χ4n) is 6.25. The zero-order valence-electron chi connectivity index (χ0n) is 20.1. The molecule has 3 aliphatic heterocycles. The Balaban J connectivity index is 1.52. The Labute approximate surface area is 210 Å². The molecule has 2 fully saturated rings. The molecule has 6 rings (SSSR count). The average Bonchev–Trinajstić information content (AvgIpc) is 3.44. The van der Waals surface area contributed by atoms with Crippen LogP contribution in [0.25, 0.3) is 0 Å². The molecule has 0 bridgehead atoms. The molecule has 0 saturated carbocycles. The van der Waals surface area contributed by atoms with E-state index in [1.165, 1.54) is 4.90 Å². The molecule has 6 nitrogen and oxygen atoms in total. The van der Waals surface area contributed by atoms with E-state index in [9.17, 15) is 14.4 Å². The molecule has 0 aromatic heterocycles. The second-order valence-electron chi connectivity index (χ2n) is 9.97. The third-order valence-electron chi connectivity index (χ3n) is 7.61. The highest BCUT2D eigenvalue weighted by molar-refractivity contribution is 6.26. The second kappa shape index (κ2) is 8.28. The number of rotatable bonds is 5. The maximum atomic E-state index is 14.3. The highest BCUT2D eigenvalue weighted by atomic mass is 16.2. The van der Waals surface area contributed by atoms with Crippen molar-refractivity contribution in [2.45, 2.75) is 24.9 Å². The first-order valence-electron chi connectivity index (χ1n) is 12.2. The summed E-state index contributed by atoms with van der Waals surface area (Å²) >= 11 is 0. The van der Waals surface area contributed by atoms with Crippen LogP contribution in [0.1, 0.15) is 18.1 Å². The molecule has 6 heteroatoms. The van der Waals surface area contributed by atoms with Gasteiger partial charge in [-0.05, 0) is 37.1 Å². The van der Waals surface area contributed by atoms with Crippen molar-refractivity contribution in [1.82, 2.24) is 5.32 Å². The lowest BCUT2D eigenvalue weighted by atomic mass is 9.76. The number of hydrogen-bond donors (Lipinski definition) is 1. The number of imide groups is 1. The minimum Gasteiger partial charge on any atom is -0.306 e. The van der Waals surface area contributed by atoms with Crippen molar-refractivity contribution >= 4 is 29.1 Å². The first-order chi connectivity index (χ1) is 17.4. The Morgan fingerprint density at radius 2 is 1.53 bits per heavy atom. The molecule has 3 aliphatic rings. The Bertz CT molecular complexity index is 1390. The molecule has 3 amide bonds. The van der Waals surface area contributed by atoms with Crippen molar-refractivity contribution < 1.29 is 14.4 Å². The predicted octanol–water partition coefficient (Wildman–Crippen LogP) is 3.82. The van der Waals surface area contributed by atoms with Crippen LogP contribution >= 0.6 is 0 Å². The van der Waals surface area contributed by atoms with Gasteiger partial charge < -0.3 is 4.90 Å². The van der Waals surface area contributed by atoms with Crippen LogP contribution in [0.5, 0.6) is 0 Å². The SMILES string of the molecule is C=C(C)CN1C(=O)[C@@]2(N[C@@H](Cc3ccccc3)[C@H]3C(=O)N(c4ccccc4)C(=O)[C@@H]32)c2ccccc21. The number of amides is 3. The van der Waals surface area contributed by atoms with Crippen LogP contribution in [0, 0.1) is 11.8 Å². The summed E-state index contributed by atoms with van der Waals surface area (Å²) in [6.45, 7) is 6.25. The van der Waals surface area contributed by atoms with Gasteiger partial charge in [0.1, 0.15) is 5.54 Å². The van der Waals surface area contributed by atoms with Gasteiger partial charge >= 0.3 is 0 Å². The summed E-state index contributed by atoms with van der Waals surface area (Å²) in [5.74, 6) is -2.31. The van der Waals surface area contributed by atoms with Gasteiger partial charge in [-0.15, -0.1) is 0 Å². The first kappa shape index (κ1) is 22.4. The molecular formula is C30H27N3O3. The number of nitrogens with one attached hydrogen (secondary N) is 1. The van der Waals surface area contributed by atoms with Crippen LogP contribution in [0.3, 0.4) is 0 Å². The van der Waals surface area contributed by atoms with Gasteiger partial charge in [0, 0.05) is 23.8 Å². The monoisotopic (exact) mass is 477 g/mol. The molecule has 2 saturated heterocycles. The van der Waals surface area contributed by atoms with E-state index in [4.69, 9.17) is 0 Å². The molecule has 0 radical (unpaired) electrons. The molecule has 36 heavy (non-hydrogen) atoms. The van der Waals surface area contributed by atoms with Gasteiger partial charge in [0.15, 0.2) is 0 Å². The topological polar surface area (TPSA) is 69.7 Å². The highest BCUT2D eigenvalue weighted by Crippen LogP contribution is 2.55. The van der Waals surface area contributed by atoms with E-state index in [2.05, 4.69) is 11.9 Å². The Kier molecular flexibility index (Phi) is 5.16. The van der Waals surface area contributed by atoms with Gasteiger partial charge in [-0.3, -0.25) is 19.7 Å². The minimum atomic E-state index is -1.31. The Morgan fingerprint density at radius 3 is 2.22 bits per heavy atom. The van der Waals surface area contributed by atoms with Crippen molar-refractivity contribution in [2.24, 2.45) is 11.8 Å².